The van der Waals surface area contributed by atoms with Crippen LogP contribution in [-0.2, 0) is 9.59 Å². The predicted molar refractivity (Wildman–Crippen MR) is 75.5 cm³/mol. The molecule has 2 atom stereocenters. The van der Waals surface area contributed by atoms with Crippen LogP contribution in [0.15, 0.2) is 0 Å². The average molecular weight is 269 g/mol. The van der Waals surface area contributed by atoms with Crippen molar-refractivity contribution in [2.24, 2.45) is 11.7 Å². The Kier molecular flexibility index (Phi) is 5.79. The minimum absolute atomic E-state index is 0.0251. The number of likely N-dealkylation sites (N-methyl/N-ethyl adjacent to an activating group) is 1. The molecule has 19 heavy (non-hydrogen) atoms. The molecule has 0 aliphatic carbocycles. The van der Waals surface area contributed by atoms with E-state index < -0.39 is 6.04 Å². The molecule has 0 spiro atoms. The van der Waals surface area contributed by atoms with Crippen molar-refractivity contribution >= 4 is 11.8 Å². The highest BCUT2D eigenvalue weighted by atomic mass is 16.2. The summed E-state index contributed by atoms with van der Waals surface area (Å²) in [6.07, 6.45) is 1.96. The van der Waals surface area contributed by atoms with Gasteiger partial charge in [0.15, 0.2) is 0 Å². The summed E-state index contributed by atoms with van der Waals surface area (Å²) in [6, 6.07) is -0.311. The lowest BCUT2D eigenvalue weighted by atomic mass is 10.0. The van der Waals surface area contributed by atoms with E-state index in [4.69, 9.17) is 5.73 Å². The van der Waals surface area contributed by atoms with Crippen LogP contribution in [-0.4, -0.2) is 53.3 Å². The average Bonchev–Trinajstić information content (AvgIpc) is 2.81. The van der Waals surface area contributed by atoms with E-state index >= 15 is 0 Å². The molecule has 1 saturated heterocycles. The van der Waals surface area contributed by atoms with E-state index in [1.54, 1.807) is 11.8 Å². The van der Waals surface area contributed by atoms with Crippen molar-refractivity contribution in [3.63, 3.8) is 0 Å². The second-order valence-electron chi connectivity index (χ2n) is 5.66. The van der Waals surface area contributed by atoms with Crippen LogP contribution in [0, 0.1) is 5.92 Å². The van der Waals surface area contributed by atoms with Gasteiger partial charge < -0.3 is 15.5 Å². The summed E-state index contributed by atoms with van der Waals surface area (Å²) in [5, 5.41) is 0. The van der Waals surface area contributed by atoms with Gasteiger partial charge in [0.1, 0.15) is 0 Å². The lowest BCUT2D eigenvalue weighted by molar-refractivity contribution is -0.137. The molecule has 1 aliphatic rings. The van der Waals surface area contributed by atoms with Gasteiger partial charge in [0, 0.05) is 32.6 Å². The molecule has 1 heterocycles. The first-order valence-corrected chi connectivity index (χ1v) is 7.20. The monoisotopic (exact) mass is 269 g/mol. The molecule has 0 unspecified atom stereocenters. The maximum Gasteiger partial charge on any atom is 0.240 e. The molecule has 0 bridgehead atoms. The molecule has 2 amide bonds. The van der Waals surface area contributed by atoms with Gasteiger partial charge in [-0.1, -0.05) is 13.8 Å². The number of hydrogen-bond acceptors (Lipinski definition) is 3. The van der Waals surface area contributed by atoms with Crippen molar-refractivity contribution in [3.8, 4) is 0 Å². The Bertz CT molecular complexity index is 331. The zero-order valence-corrected chi connectivity index (χ0v) is 12.6. The van der Waals surface area contributed by atoms with Gasteiger partial charge in [0.25, 0.3) is 0 Å². The van der Waals surface area contributed by atoms with Crippen molar-refractivity contribution in [2.45, 2.75) is 52.6 Å². The Morgan fingerprint density at radius 3 is 2.53 bits per heavy atom. The van der Waals surface area contributed by atoms with E-state index in [9.17, 15) is 9.59 Å². The number of carbonyl (C=O) groups is 2. The van der Waals surface area contributed by atoms with Gasteiger partial charge in [-0.15, -0.1) is 0 Å². The van der Waals surface area contributed by atoms with E-state index in [1.165, 1.54) is 0 Å². The highest BCUT2D eigenvalue weighted by Crippen LogP contribution is 2.20. The Balaban J connectivity index is 2.68. The van der Waals surface area contributed by atoms with Gasteiger partial charge in [-0.2, -0.15) is 0 Å². The minimum atomic E-state index is -0.437. The second-order valence-corrected chi connectivity index (χ2v) is 5.66. The summed E-state index contributed by atoms with van der Waals surface area (Å²) < 4.78 is 0. The van der Waals surface area contributed by atoms with E-state index in [-0.39, 0.29) is 23.8 Å². The summed E-state index contributed by atoms with van der Waals surface area (Å²) in [5.41, 5.74) is 5.95. The zero-order valence-electron chi connectivity index (χ0n) is 12.6. The molecule has 1 aliphatic heterocycles. The summed E-state index contributed by atoms with van der Waals surface area (Å²) in [4.78, 5) is 27.5. The third-order valence-corrected chi connectivity index (χ3v) is 3.92. The molecule has 0 aromatic carbocycles. The van der Waals surface area contributed by atoms with Gasteiger partial charge in [-0.25, -0.2) is 0 Å². The zero-order chi connectivity index (χ0) is 14.6. The van der Waals surface area contributed by atoms with Gasteiger partial charge in [0.2, 0.25) is 11.8 Å². The topological polar surface area (TPSA) is 66.6 Å². The molecule has 5 nitrogen and oxygen atoms in total. The minimum Gasteiger partial charge on any atom is -0.341 e. The van der Waals surface area contributed by atoms with Gasteiger partial charge in [0.05, 0.1) is 6.04 Å². The van der Waals surface area contributed by atoms with Crippen LogP contribution >= 0.6 is 0 Å². The molecule has 0 saturated carbocycles. The van der Waals surface area contributed by atoms with E-state index in [2.05, 4.69) is 0 Å². The number of rotatable bonds is 5. The summed E-state index contributed by atoms with van der Waals surface area (Å²) >= 11 is 0. The lowest BCUT2D eigenvalue weighted by Crippen LogP contribution is -2.51. The van der Waals surface area contributed by atoms with Crippen molar-refractivity contribution < 1.29 is 9.59 Å². The van der Waals surface area contributed by atoms with Crippen LogP contribution in [0.2, 0.25) is 0 Å². The molecule has 0 aromatic heterocycles. The molecule has 0 aromatic rings. The SMILES string of the molecule is CCN(C[C@H]1CCCN1C(=O)[C@@H](N)C(C)C)C(C)=O. The van der Waals surface area contributed by atoms with Crippen LogP contribution in [0.4, 0.5) is 0 Å². The van der Waals surface area contributed by atoms with Crippen molar-refractivity contribution in [3.05, 3.63) is 0 Å². The third-order valence-electron chi connectivity index (χ3n) is 3.92. The molecular weight excluding hydrogens is 242 g/mol. The van der Waals surface area contributed by atoms with Crippen molar-refractivity contribution in [1.29, 1.82) is 0 Å². The number of hydrogen-bond donors (Lipinski definition) is 1. The van der Waals surface area contributed by atoms with Gasteiger partial charge >= 0.3 is 0 Å². The molecule has 5 heteroatoms. The Morgan fingerprint density at radius 2 is 2.05 bits per heavy atom. The molecule has 1 fully saturated rings. The Morgan fingerprint density at radius 1 is 1.42 bits per heavy atom. The Hall–Kier alpha value is -1.10. The van der Waals surface area contributed by atoms with Crippen LogP contribution in [0.5, 0.6) is 0 Å². The number of amides is 2. The fourth-order valence-electron chi connectivity index (χ4n) is 2.53. The molecule has 1 rings (SSSR count). The van der Waals surface area contributed by atoms with Crippen molar-refractivity contribution in [1.82, 2.24) is 9.80 Å². The summed E-state index contributed by atoms with van der Waals surface area (Å²) in [6.45, 7) is 9.53. The first kappa shape index (κ1) is 16.0. The first-order valence-electron chi connectivity index (χ1n) is 7.20. The summed E-state index contributed by atoms with van der Waals surface area (Å²) in [5.74, 6) is 0.232. The molecular formula is C14H27N3O2. The number of nitrogens with two attached hydrogens (primary N) is 1. The van der Waals surface area contributed by atoms with E-state index in [0.717, 1.165) is 19.4 Å². The lowest BCUT2D eigenvalue weighted by Gasteiger charge is -2.32. The molecule has 0 radical (unpaired) electrons. The molecule has 110 valence electrons. The largest absolute Gasteiger partial charge is 0.341 e. The number of likely N-dealkylation sites (tertiary alicyclic amines) is 1. The third kappa shape index (κ3) is 3.93. The maximum atomic E-state index is 12.3. The normalized spacial score (nSPS) is 20.7. The van der Waals surface area contributed by atoms with Crippen LogP contribution in [0.3, 0.4) is 0 Å². The Labute approximate surface area is 116 Å². The van der Waals surface area contributed by atoms with Crippen LogP contribution in [0.25, 0.3) is 0 Å². The van der Waals surface area contributed by atoms with Gasteiger partial charge in [-0.3, -0.25) is 9.59 Å². The quantitative estimate of drug-likeness (QED) is 0.804. The highest BCUT2D eigenvalue weighted by Gasteiger charge is 2.33. The fraction of sp³-hybridized carbons (Fsp3) is 0.857. The highest BCUT2D eigenvalue weighted by molar-refractivity contribution is 5.82. The predicted octanol–water partition coefficient (Wildman–Crippen LogP) is 0.829. The molecule has 2 N–H and O–H groups in total. The van der Waals surface area contributed by atoms with Crippen LogP contribution in [0.1, 0.15) is 40.5 Å². The number of nitrogens with zero attached hydrogens (tertiary/aromatic N) is 2. The second kappa shape index (κ2) is 6.89. The van der Waals surface area contributed by atoms with Crippen LogP contribution < -0.4 is 5.73 Å². The smallest absolute Gasteiger partial charge is 0.240 e. The standard InChI is InChI=1S/C14H27N3O2/c1-5-16(11(4)18)9-12-7-6-8-17(12)14(19)13(15)10(2)3/h10,12-13H,5-9,15H2,1-4H3/t12-,13+/m1/s1. The van der Waals surface area contributed by atoms with E-state index in [1.807, 2.05) is 25.7 Å². The number of carbonyl (C=O) groups excluding carboxylic acids is 2. The maximum absolute atomic E-state index is 12.3. The van der Waals surface area contributed by atoms with Gasteiger partial charge in [-0.05, 0) is 25.7 Å². The summed E-state index contributed by atoms with van der Waals surface area (Å²) in [7, 11) is 0. The fourth-order valence-corrected chi connectivity index (χ4v) is 2.53. The van der Waals surface area contributed by atoms with Crippen molar-refractivity contribution in [2.75, 3.05) is 19.6 Å². The first-order chi connectivity index (χ1) is 8.88. The van der Waals surface area contributed by atoms with E-state index in [0.29, 0.717) is 13.1 Å².